The molecule has 0 radical (unpaired) electrons. The minimum atomic E-state index is -3.28. The van der Waals surface area contributed by atoms with Gasteiger partial charge in [0.15, 0.2) is 0 Å². The topological polar surface area (TPSA) is 76.9 Å². The molecule has 1 N–H and O–H groups in total. The lowest BCUT2D eigenvalue weighted by atomic mass is 10.2. The third-order valence-electron chi connectivity index (χ3n) is 2.09. The molecule has 0 saturated carbocycles. The highest BCUT2D eigenvalue weighted by Gasteiger charge is 2.04. The van der Waals surface area contributed by atoms with Crippen LogP contribution in [-0.2, 0) is 17.1 Å². The number of nitrogens with zero attached hydrogens (tertiary/aromatic N) is 3. The van der Waals surface area contributed by atoms with Crippen LogP contribution in [0.3, 0.4) is 0 Å². The van der Waals surface area contributed by atoms with E-state index in [-0.39, 0.29) is 0 Å². The Morgan fingerprint density at radius 3 is 2.47 bits per heavy atom. The monoisotopic (exact) mass is 252 g/mol. The van der Waals surface area contributed by atoms with Gasteiger partial charge in [0, 0.05) is 30.6 Å². The van der Waals surface area contributed by atoms with Gasteiger partial charge >= 0.3 is 0 Å². The molecule has 0 atom stereocenters. The maximum atomic E-state index is 11.0. The van der Waals surface area contributed by atoms with Crippen molar-refractivity contribution in [1.29, 1.82) is 0 Å². The van der Waals surface area contributed by atoms with E-state index in [9.17, 15) is 8.42 Å². The molecule has 2 aromatic rings. The van der Waals surface area contributed by atoms with Crippen molar-refractivity contribution in [2.45, 2.75) is 0 Å². The molecule has 0 aliphatic rings. The van der Waals surface area contributed by atoms with E-state index in [1.807, 2.05) is 13.2 Å². The Bertz CT molecular complexity index is 616. The molecule has 0 unspecified atom stereocenters. The minimum absolute atomic E-state index is 0.306. The molecular formula is C10H12N4O2S. The number of anilines is 1. The second-order valence-corrected chi connectivity index (χ2v) is 5.46. The first-order valence-corrected chi connectivity index (χ1v) is 6.76. The predicted molar refractivity (Wildman–Crippen MR) is 64.9 cm³/mol. The van der Waals surface area contributed by atoms with E-state index in [1.165, 1.54) is 0 Å². The first kappa shape index (κ1) is 11.6. The number of hydrogen-bond donors (Lipinski definition) is 1. The van der Waals surface area contributed by atoms with E-state index < -0.39 is 10.0 Å². The Morgan fingerprint density at radius 1 is 1.24 bits per heavy atom. The lowest BCUT2D eigenvalue weighted by molar-refractivity contribution is 0.606. The van der Waals surface area contributed by atoms with Crippen LogP contribution in [0.5, 0.6) is 0 Å². The van der Waals surface area contributed by atoms with E-state index in [0.717, 1.165) is 17.4 Å². The number of aromatic nitrogens is 3. The van der Waals surface area contributed by atoms with Crippen molar-refractivity contribution in [2.75, 3.05) is 11.0 Å². The van der Waals surface area contributed by atoms with Crippen LogP contribution in [0, 0.1) is 0 Å². The van der Waals surface area contributed by atoms with Gasteiger partial charge in [0.25, 0.3) is 0 Å². The molecule has 2 aromatic heterocycles. The Hall–Kier alpha value is -1.89. The molecule has 90 valence electrons. The lowest BCUT2D eigenvalue weighted by Crippen LogP contribution is -2.10. The first-order valence-electron chi connectivity index (χ1n) is 4.87. The van der Waals surface area contributed by atoms with Crippen LogP contribution >= 0.6 is 0 Å². The zero-order valence-corrected chi connectivity index (χ0v) is 10.3. The average Bonchev–Trinajstić information content (AvgIpc) is 2.63. The van der Waals surface area contributed by atoms with Gasteiger partial charge in [-0.05, 0) is 12.1 Å². The number of pyridine rings is 1. The minimum Gasteiger partial charge on any atom is -0.275 e. The highest BCUT2D eigenvalue weighted by molar-refractivity contribution is 7.92. The molecular weight excluding hydrogens is 240 g/mol. The number of rotatable bonds is 3. The van der Waals surface area contributed by atoms with Gasteiger partial charge in [-0.3, -0.25) is 9.40 Å². The van der Waals surface area contributed by atoms with Crippen LogP contribution in [0.1, 0.15) is 0 Å². The zero-order chi connectivity index (χ0) is 12.5. The number of aryl methyl sites for hydroxylation is 1. The quantitative estimate of drug-likeness (QED) is 0.878. The molecule has 0 fully saturated rings. The fraction of sp³-hybridized carbons (Fsp3) is 0.200. The second-order valence-electron chi connectivity index (χ2n) is 3.71. The summed E-state index contributed by atoms with van der Waals surface area (Å²) in [6, 6.07) is 3.40. The van der Waals surface area contributed by atoms with Gasteiger partial charge in [0.05, 0.1) is 12.5 Å². The number of hydrogen-bond acceptors (Lipinski definition) is 4. The van der Waals surface area contributed by atoms with Crippen LogP contribution < -0.4 is 4.72 Å². The molecule has 2 rings (SSSR count). The lowest BCUT2D eigenvalue weighted by Gasteiger charge is -2.03. The Morgan fingerprint density at radius 2 is 2.00 bits per heavy atom. The van der Waals surface area contributed by atoms with Crippen molar-refractivity contribution in [3.63, 3.8) is 0 Å². The van der Waals surface area contributed by atoms with E-state index in [2.05, 4.69) is 14.8 Å². The van der Waals surface area contributed by atoms with Gasteiger partial charge in [0.1, 0.15) is 5.82 Å². The van der Waals surface area contributed by atoms with Crippen molar-refractivity contribution in [1.82, 2.24) is 14.8 Å². The average molecular weight is 252 g/mol. The Kier molecular flexibility index (Phi) is 2.84. The second kappa shape index (κ2) is 4.17. The van der Waals surface area contributed by atoms with E-state index in [4.69, 9.17) is 0 Å². The number of sulfonamides is 1. The Labute approximate surface area is 99.4 Å². The molecule has 0 aromatic carbocycles. The van der Waals surface area contributed by atoms with Gasteiger partial charge in [-0.15, -0.1) is 0 Å². The SMILES string of the molecule is Cn1cc(-c2ccc(NS(C)(=O)=O)nc2)cn1. The summed E-state index contributed by atoms with van der Waals surface area (Å²) in [5.41, 5.74) is 1.82. The maximum absolute atomic E-state index is 11.0. The first-order chi connectivity index (χ1) is 7.94. The van der Waals surface area contributed by atoms with Gasteiger partial charge in [-0.25, -0.2) is 13.4 Å². The van der Waals surface area contributed by atoms with Crippen LogP contribution in [0.15, 0.2) is 30.7 Å². The highest BCUT2D eigenvalue weighted by Crippen LogP contribution is 2.18. The van der Waals surface area contributed by atoms with Crippen molar-refractivity contribution >= 4 is 15.8 Å². The van der Waals surface area contributed by atoms with E-state index in [1.54, 1.807) is 29.2 Å². The van der Waals surface area contributed by atoms with Crippen LogP contribution in [-0.4, -0.2) is 29.4 Å². The van der Waals surface area contributed by atoms with E-state index >= 15 is 0 Å². The molecule has 0 spiro atoms. The van der Waals surface area contributed by atoms with Crippen LogP contribution in [0.25, 0.3) is 11.1 Å². The smallest absolute Gasteiger partial charge is 0.230 e. The molecule has 0 aliphatic heterocycles. The fourth-order valence-electron chi connectivity index (χ4n) is 1.39. The standard InChI is InChI=1S/C10H12N4O2S/c1-14-7-9(6-12-14)8-3-4-10(11-5-8)13-17(2,15)16/h3-7H,1-2H3,(H,11,13). The summed E-state index contributed by atoms with van der Waals surface area (Å²) in [5, 5.41) is 4.05. The summed E-state index contributed by atoms with van der Waals surface area (Å²) in [4.78, 5) is 4.02. The van der Waals surface area contributed by atoms with Crippen LogP contribution in [0.4, 0.5) is 5.82 Å². The summed E-state index contributed by atoms with van der Waals surface area (Å²) in [7, 11) is -1.45. The maximum Gasteiger partial charge on any atom is 0.230 e. The zero-order valence-electron chi connectivity index (χ0n) is 9.45. The van der Waals surface area contributed by atoms with Crippen molar-refractivity contribution < 1.29 is 8.42 Å². The Balaban J connectivity index is 2.24. The van der Waals surface area contributed by atoms with Crippen molar-refractivity contribution in [2.24, 2.45) is 7.05 Å². The summed E-state index contributed by atoms with van der Waals surface area (Å²) >= 11 is 0. The third kappa shape index (κ3) is 3.04. The van der Waals surface area contributed by atoms with Crippen molar-refractivity contribution in [3.05, 3.63) is 30.7 Å². The third-order valence-corrected chi connectivity index (χ3v) is 2.67. The van der Waals surface area contributed by atoms with Gasteiger partial charge in [-0.2, -0.15) is 5.10 Å². The molecule has 7 heteroatoms. The van der Waals surface area contributed by atoms with E-state index in [0.29, 0.717) is 5.82 Å². The molecule has 0 saturated heterocycles. The molecule has 17 heavy (non-hydrogen) atoms. The van der Waals surface area contributed by atoms with Gasteiger partial charge < -0.3 is 0 Å². The summed E-state index contributed by atoms with van der Waals surface area (Å²) in [6.45, 7) is 0. The summed E-state index contributed by atoms with van der Waals surface area (Å²) in [5.74, 6) is 0.306. The summed E-state index contributed by atoms with van der Waals surface area (Å²) < 4.78 is 26.0. The van der Waals surface area contributed by atoms with Gasteiger partial charge in [-0.1, -0.05) is 0 Å². The number of nitrogens with one attached hydrogen (secondary N) is 1. The molecule has 0 bridgehead atoms. The predicted octanol–water partition coefficient (Wildman–Crippen LogP) is 0.854. The van der Waals surface area contributed by atoms with Gasteiger partial charge in [0.2, 0.25) is 10.0 Å². The molecule has 2 heterocycles. The molecule has 0 aliphatic carbocycles. The largest absolute Gasteiger partial charge is 0.275 e. The normalized spacial score (nSPS) is 11.4. The summed E-state index contributed by atoms with van der Waals surface area (Å²) in [6.07, 6.45) is 6.27. The van der Waals surface area contributed by atoms with Crippen molar-refractivity contribution in [3.8, 4) is 11.1 Å². The van der Waals surface area contributed by atoms with Crippen LogP contribution in [0.2, 0.25) is 0 Å². The molecule has 0 amide bonds. The highest BCUT2D eigenvalue weighted by atomic mass is 32.2. The molecule has 6 nitrogen and oxygen atoms in total. The fourth-order valence-corrected chi connectivity index (χ4v) is 1.89.